The van der Waals surface area contributed by atoms with Gasteiger partial charge in [-0.1, -0.05) is 19.6 Å². The molecule has 32 heavy (non-hydrogen) atoms. The Balaban J connectivity index is 1.46. The monoisotopic (exact) mass is 462 g/mol. The highest BCUT2D eigenvalue weighted by Crippen LogP contribution is 2.19. The van der Waals surface area contributed by atoms with E-state index >= 15 is 0 Å². The van der Waals surface area contributed by atoms with Crippen molar-refractivity contribution in [1.82, 2.24) is 24.8 Å². The number of anilines is 1. The molecule has 1 atom stereocenters. The number of nitrogens with one attached hydrogen (secondary N) is 2. The van der Waals surface area contributed by atoms with E-state index in [1.807, 2.05) is 16.8 Å². The molecular formula is C21H34N6O4Si. The number of piperidine rings is 1. The molecule has 1 saturated heterocycles. The largest absolute Gasteiger partial charge is 0.465 e. The molecule has 176 valence electrons. The minimum Gasteiger partial charge on any atom is -0.465 e. The first-order valence-corrected chi connectivity index (χ1v) is 14.9. The van der Waals surface area contributed by atoms with Crippen LogP contribution in [0.1, 0.15) is 25.7 Å². The molecule has 0 saturated carbocycles. The van der Waals surface area contributed by atoms with Crippen LogP contribution >= 0.6 is 0 Å². The zero-order valence-electron chi connectivity index (χ0n) is 19.1. The number of rotatable bonds is 9. The molecule has 3 rings (SSSR count). The van der Waals surface area contributed by atoms with Gasteiger partial charge in [0.15, 0.2) is 11.5 Å². The number of carbonyl (C=O) groups excluding carboxylic acids is 1. The fourth-order valence-corrected chi connectivity index (χ4v) is 4.49. The van der Waals surface area contributed by atoms with E-state index in [2.05, 4.69) is 40.2 Å². The van der Waals surface area contributed by atoms with Crippen LogP contribution in [0.15, 0.2) is 18.5 Å². The van der Waals surface area contributed by atoms with E-state index in [1.54, 1.807) is 0 Å². The van der Waals surface area contributed by atoms with E-state index in [4.69, 9.17) is 4.74 Å². The zero-order valence-corrected chi connectivity index (χ0v) is 20.1. The summed E-state index contributed by atoms with van der Waals surface area (Å²) in [5.74, 6) is 0.359. The van der Waals surface area contributed by atoms with E-state index in [9.17, 15) is 14.7 Å². The van der Waals surface area contributed by atoms with Crippen LogP contribution in [0.5, 0.6) is 0 Å². The molecule has 0 spiro atoms. The Morgan fingerprint density at radius 3 is 2.88 bits per heavy atom. The summed E-state index contributed by atoms with van der Waals surface area (Å²) in [6, 6.07) is 2.52. The lowest BCUT2D eigenvalue weighted by Gasteiger charge is -2.33. The molecule has 0 aromatic carbocycles. The van der Waals surface area contributed by atoms with Crippen molar-refractivity contribution in [3.63, 3.8) is 0 Å². The molecule has 0 bridgehead atoms. The number of urea groups is 1. The maximum Gasteiger partial charge on any atom is 0.407 e. The Bertz CT molecular complexity index is 929. The highest BCUT2D eigenvalue weighted by Gasteiger charge is 2.25. The van der Waals surface area contributed by atoms with Gasteiger partial charge in [0.2, 0.25) is 0 Å². The predicted molar refractivity (Wildman–Crippen MR) is 126 cm³/mol. The van der Waals surface area contributed by atoms with Gasteiger partial charge in [-0.25, -0.2) is 19.6 Å². The van der Waals surface area contributed by atoms with Crippen LogP contribution < -0.4 is 10.6 Å². The molecule has 3 heterocycles. The van der Waals surface area contributed by atoms with E-state index < -0.39 is 14.2 Å². The number of amides is 3. The summed E-state index contributed by atoms with van der Waals surface area (Å²) >= 11 is 0. The number of nitrogens with zero attached hydrogens (tertiary/aromatic N) is 4. The molecule has 1 unspecified atom stereocenters. The molecular weight excluding hydrogens is 428 g/mol. The third-order valence-electron chi connectivity index (χ3n) is 5.57. The lowest BCUT2D eigenvalue weighted by Crippen LogP contribution is -2.44. The van der Waals surface area contributed by atoms with Crippen LogP contribution in [0.25, 0.3) is 11.2 Å². The van der Waals surface area contributed by atoms with Crippen molar-refractivity contribution >= 4 is 37.2 Å². The van der Waals surface area contributed by atoms with E-state index in [0.29, 0.717) is 43.2 Å². The van der Waals surface area contributed by atoms with Crippen LogP contribution in [0.4, 0.5) is 15.4 Å². The van der Waals surface area contributed by atoms with Crippen LogP contribution in [-0.2, 0) is 11.5 Å². The highest BCUT2D eigenvalue weighted by molar-refractivity contribution is 6.76. The molecule has 10 nitrogen and oxygen atoms in total. The third-order valence-corrected chi connectivity index (χ3v) is 7.27. The summed E-state index contributed by atoms with van der Waals surface area (Å²) in [6.07, 6.45) is 5.83. The summed E-state index contributed by atoms with van der Waals surface area (Å²) in [5, 5.41) is 14.8. The van der Waals surface area contributed by atoms with Crippen molar-refractivity contribution in [3.8, 4) is 0 Å². The fraction of sp³-hybridized carbons (Fsp3) is 0.619. The van der Waals surface area contributed by atoms with Gasteiger partial charge in [0.25, 0.3) is 0 Å². The minimum absolute atomic E-state index is 0.0505. The maximum absolute atomic E-state index is 12.2. The van der Waals surface area contributed by atoms with Crippen molar-refractivity contribution in [1.29, 1.82) is 0 Å². The molecule has 2 aromatic heterocycles. The smallest absolute Gasteiger partial charge is 0.407 e. The second-order valence-corrected chi connectivity index (χ2v) is 15.0. The second kappa shape index (κ2) is 10.8. The molecule has 0 aliphatic carbocycles. The average Bonchev–Trinajstić information content (AvgIpc) is 3.13. The van der Waals surface area contributed by atoms with Crippen molar-refractivity contribution in [2.75, 3.05) is 25.0 Å². The van der Waals surface area contributed by atoms with E-state index in [0.717, 1.165) is 31.9 Å². The van der Waals surface area contributed by atoms with Gasteiger partial charge in [-0.3, -0.25) is 5.32 Å². The van der Waals surface area contributed by atoms with E-state index in [-0.39, 0.29) is 12.1 Å². The zero-order chi connectivity index (χ0) is 23.1. The Morgan fingerprint density at radius 2 is 2.12 bits per heavy atom. The number of hydrogen-bond acceptors (Lipinski definition) is 5. The van der Waals surface area contributed by atoms with Crippen LogP contribution in [0.2, 0.25) is 25.7 Å². The van der Waals surface area contributed by atoms with E-state index in [1.165, 1.54) is 11.1 Å². The normalized spacial score (nSPS) is 16.8. The number of carbonyl (C=O) groups is 2. The topological polar surface area (TPSA) is 122 Å². The number of hydrogen-bond donors (Lipinski definition) is 3. The van der Waals surface area contributed by atoms with Crippen LogP contribution in [0.3, 0.4) is 0 Å². The Kier molecular flexibility index (Phi) is 8.08. The maximum atomic E-state index is 12.2. The van der Waals surface area contributed by atoms with Crippen molar-refractivity contribution in [2.24, 2.45) is 0 Å². The van der Waals surface area contributed by atoms with Crippen molar-refractivity contribution < 1.29 is 19.4 Å². The van der Waals surface area contributed by atoms with Crippen LogP contribution in [-0.4, -0.2) is 70.5 Å². The molecule has 2 aromatic rings. The third kappa shape index (κ3) is 6.92. The first-order valence-electron chi connectivity index (χ1n) is 11.2. The van der Waals surface area contributed by atoms with Crippen molar-refractivity contribution in [3.05, 3.63) is 18.5 Å². The van der Waals surface area contributed by atoms with Gasteiger partial charge in [-0.2, -0.15) is 0 Å². The predicted octanol–water partition coefficient (Wildman–Crippen LogP) is 3.79. The number of carboxylic acid groups (broad SMARTS) is 1. The summed E-state index contributed by atoms with van der Waals surface area (Å²) in [6.45, 7) is 9.05. The summed E-state index contributed by atoms with van der Waals surface area (Å²) in [7, 11) is -1.12. The molecule has 3 N–H and O–H groups in total. The number of likely N-dealkylation sites (tertiary alicyclic amines) is 1. The Morgan fingerprint density at radius 1 is 1.31 bits per heavy atom. The molecule has 11 heteroatoms. The van der Waals surface area contributed by atoms with Gasteiger partial charge >= 0.3 is 12.1 Å². The van der Waals surface area contributed by atoms with Gasteiger partial charge in [0.1, 0.15) is 12.2 Å². The summed E-state index contributed by atoms with van der Waals surface area (Å²) in [4.78, 5) is 33.9. The Hall–Kier alpha value is -2.66. The SMILES string of the molecule is C[Si](C)(C)CCOCn1ccc2nc(NC(=O)NCCC3CCCCN3C(=O)O)cnc21. The lowest BCUT2D eigenvalue weighted by molar-refractivity contribution is 0.0898. The molecule has 1 fully saturated rings. The molecule has 0 radical (unpaired) electrons. The summed E-state index contributed by atoms with van der Waals surface area (Å²) < 4.78 is 7.68. The average molecular weight is 463 g/mol. The van der Waals surface area contributed by atoms with Gasteiger partial charge in [0, 0.05) is 40.0 Å². The number of fused-ring (bicyclic) bond motifs is 1. The van der Waals surface area contributed by atoms with Gasteiger partial charge < -0.3 is 24.6 Å². The first kappa shape index (κ1) is 24.0. The molecule has 1 aliphatic heterocycles. The number of ether oxygens (including phenoxy) is 1. The minimum atomic E-state index is -1.12. The summed E-state index contributed by atoms with van der Waals surface area (Å²) in [5.41, 5.74) is 1.38. The standard InChI is InChI=1S/C21H34N6O4Si/c1-32(2,3)13-12-31-15-26-11-8-17-19(26)23-14-18(24-17)25-20(28)22-9-7-16-6-4-5-10-27(16)21(29)30/h8,11,14,16H,4-7,9-10,12-13,15H2,1-3H3,(H,29,30)(H2,22,24,25,28). The Labute approximate surface area is 189 Å². The van der Waals surface area contributed by atoms with Gasteiger partial charge in [-0.05, 0) is 37.8 Å². The van der Waals surface area contributed by atoms with Crippen molar-refractivity contribution in [2.45, 2.75) is 64.1 Å². The lowest BCUT2D eigenvalue weighted by atomic mass is 10.00. The van der Waals surface area contributed by atoms with Crippen LogP contribution in [0, 0.1) is 0 Å². The fourth-order valence-electron chi connectivity index (χ4n) is 3.73. The first-order chi connectivity index (χ1) is 15.2. The molecule has 3 amide bonds. The quantitative estimate of drug-likeness (QED) is 0.385. The highest BCUT2D eigenvalue weighted by atomic mass is 28.3. The van der Waals surface area contributed by atoms with Gasteiger partial charge in [-0.15, -0.1) is 0 Å². The van der Waals surface area contributed by atoms with Gasteiger partial charge in [0.05, 0.1) is 6.20 Å². The second-order valence-electron chi connectivity index (χ2n) is 9.39. The molecule has 1 aliphatic rings. The number of aromatic nitrogens is 3.